The topological polar surface area (TPSA) is 300 Å². The fraction of sp³-hybridized carbons (Fsp3) is 0.547. The molecular formula is C106H143N21O3S3. The maximum atomic E-state index is 13.3. The van der Waals surface area contributed by atoms with E-state index in [0.29, 0.717) is 99.9 Å². The fourth-order valence-electron chi connectivity index (χ4n) is 16.4. The van der Waals surface area contributed by atoms with Crippen molar-refractivity contribution in [1.29, 1.82) is 15.8 Å². The number of benzene rings is 3. The Morgan fingerprint density at radius 2 is 0.617 bits per heavy atom. The van der Waals surface area contributed by atoms with Crippen LogP contribution in [0, 0.1) is 62.1 Å². The van der Waals surface area contributed by atoms with Gasteiger partial charge in [-0.15, -0.1) is 15.3 Å². The number of fused-ring (bicyclic) bond motifs is 3. The van der Waals surface area contributed by atoms with E-state index in [2.05, 4.69) is 190 Å². The van der Waals surface area contributed by atoms with Gasteiger partial charge in [0.15, 0.2) is 50.3 Å². The quantitative estimate of drug-likeness (QED) is 0.0320. The molecule has 0 radical (unpaired) electrons. The number of aliphatic imine (C=N–C) groups is 3. The summed E-state index contributed by atoms with van der Waals surface area (Å²) >= 11 is 4.71. The highest BCUT2D eigenvalue weighted by Gasteiger charge is 2.38. The second-order valence-electron chi connectivity index (χ2n) is 39.1. The lowest BCUT2D eigenvalue weighted by Crippen LogP contribution is -2.34. The number of allylic oxidation sites excluding steroid dienone is 6. The third kappa shape index (κ3) is 28.4. The minimum atomic E-state index is -0.463. The Morgan fingerprint density at radius 1 is 0.353 bits per heavy atom. The largest absolute Gasteiger partial charge is 0.348 e. The second-order valence-corrected chi connectivity index (χ2v) is 42.0. The van der Waals surface area contributed by atoms with Gasteiger partial charge in [0.05, 0.1) is 0 Å². The number of unbranched alkanes of at least 4 members (excludes halogenated alkanes) is 14. The summed E-state index contributed by atoms with van der Waals surface area (Å²) in [4.78, 5) is 92.6. The van der Waals surface area contributed by atoms with Crippen LogP contribution >= 0.6 is 34.0 Å². The van der Waals surface area contributed by atoms with Crippen molar-refractivity contribution in [2.75, 3.05) is 54.0 Å². The Morgan fingerprint density at radius 3 is 0.880 bits per heavy atom. The zero-order chi connectivity index (χ0) is 96.1. The van der Waals surface area contributed by atoms with Crippen LogP contribution in [0.25, 0.3) is 33.8 Å². The van der Waals surface area contributed by atoms with Crippen molar-refractivity contribution in [3.05, 3.63) is 159 Å². The number of aromatic nitrogens is 12. The van der Waals surface area contributed by atoms with Gasteiger partial charge < -0.3 is 14.7 Å². The van der Waals surface area contributed by atoms with Crippen LogP contribution in [-0.4, -0.2) is 133 Å². The number of anilines is 3. The van der Waals surface area contributed by atoms with Gasteiger partial charge in [0, 0.05) is 91.9 Å². The van der Waals surface area contributed by atoms with Crippen molar-refractivity contribution >= 4 is 99.3 Å². The van der Waals surface area contributed by atoms with Crippen LogP contribution in [0.5, 0.6) is 0 Å². The predicted molar refractivity (Wildman–Crippen MR) is 547 cm³/mol. The van der Waals surface area contributed by atoms with Crippen LogP contribution in [0.15, 0.2) is 139 Å². The maximum Gasteiger partial charge on any atom is 0.291 e. The van der Waals surface area contributed by atoms with Gasteiger partial charge in [-0.2, -0.15) is 29.8 Å². The predicted octanol–water partition coefficient (Wildman–Crippen LogP) is 27.0. The standard InChI is InChI=1S/2C38H53N7OS.C30H37N7OS/c1-9-13-18-27(11-3)24-44(25-28(12-4)19-14-10-2)37-42-33(29-20-16-15-17-21-29)35(47-37)41-32-26(5)30(23-39)36(46)45-34(32)40-31(43-45)22-38(6,7)8;1-7-9-11-13-15-20-24-44(25-21-16-14-12-10-8-2)37-42-33(29-22-18-17-19-23-29)35(47-37)41-32-28(3)30(27-39)36(46)45-34(32)40-31(43-45)26-38(4,5)6;1-7-9-16-36(17-10-8-2)29-34-25(21-14-12-11-13-15-21)27(39-29)33-24-20(3)22(19-31)28(38)37-26(24)32-23(35-37)18-30(4,5)6/h15-17,20-21,27-28H,9-14,18-19,22,24-25H2,1-8H3;17-19,22-23H,7-16,20-21,24-26H2,1-6H3;11-15H,7-10,16-18H2,1-6H3. The molecule has 3 aliphatic rings. The molecule has 9 aromatic rings. The summed E-state index contributed by atoms with van der Waals surface area (Å²) < 4.78 is 3.77. The molecule has 6 aromatic heterocycles. The smallest absolute Gasteiger partial charge is 0.291 e. The van der Waals surface area contributed by atoms with Gasteiger partial charge in [0.1, 0.15) is 84.1 Å². The van der Waals surface area contributed by atoms with E-state index < -0.39 is 17.7 Å². The number of carbonyl (C=O) groups excluding carboxylic acids is 3. The lowest BCUT2D eigenvalue weighted by molar-refractivity contribution is 0.0933. The van der Waals surface area contributed by atoms with E-state index in [1.165, 1.54) is 128 Å². The molecule has 2 unspecified atom stereocenters. The molecular weight excluding hydrogens is 1710 g/mol. The van der Waals surface area contributed by atoms with Crippen molar-refractivity contribution in [3.63, 3.8) is 0 Å². The first-order valence-electron chi connectivity index (χ1n) is 48.9. The highest BCUT2D eigenvalue weighted by Crippen LogP contribution is 2.46. The normalized spacial score (nSPS) is 14.8. The molecule has 24 nitrogen and oxygen atoms in total. The third-order valence-electron chi connectivity index (χ3n) is 24.0. The molecule has 0 saturated carbocycles. The number of carbonyl (C=O) groups is 3. The minimum absolute atomic E-state index is 0.0342. The second kappa shape index (κ2) is 49.9. The average Bonchev–Trinajstić information content (AvgIpc) is 1.63. The van der Waals surface area contributed by atoms with Crippen LogP contribution < -0.4 is 14.7 Å². The van der Waals surface area contributed by atoms with Crippen molar-refractivity contribution in [2.45, 2.75) is 312 Å². The Balaban J connectivity index is 0.000000208. The maximum absolute atomic E-state index is 13.3. The lowest BCUT2D eigenvalue weighted by Gasteiger charge is -2.30. The van der Waals surface area contributed by atoms with Gasteiger partial charge in [0.2, 0.25) is 0 Å². The summed E-state index contributed by atoms with van der Waals surface area (Å²) in [5.74, 6) is 2.63. The molecule has 0 saturated heterocycles. The van der Waals surface area contributed by atoms with Gasteiger partial charge in [0.25, 0.3) is 17.7 Å². The van der Waals surface area contributed by atoms with Crippen LogP contribution in [0.2, 0.25) is 0 Å². The summed E-state index contributed by atoms with van der Waals surface area (Å²) in [6.45, 7) is 48.1. The highest BCUT2D eigenvalue weighted by molar-refractivity contribution is 7.20. The Kier molecular flexibility index (Phi) is 39.1. The molecule has 0 aliphatic carbocycles. The fourth-order valence-corrected chi connectivity index (χ4v) is 19.4. The zero-order valence-electron chi connectivity index (χ0n) is 83.0. The number of nitriles is 3. The van der Waals surface area contributed by atoms with Crippen LogP contribution in [0.3, 0.4) is 0 Å². The monoisotopic (exact) mass is 1850 g/mol. The van der Waals surface area contributed by atoms with Gasteiger partial charge in [-0.25, -0.2) is 44.9 Å². The molecule has 3 aromatic carbocycles. The first-order valence-corrected chi connectivity index (χ1v) is 51.4. The molecule has 12 rings (SSSR count). The molecule has 0 amide bonds. The van der Waals surface area contributed by atoms with Gasteiger partial charge in [-0.05, 0) is 87.4 Å². The van der Waals surface area contributed by atoms with E-state index in [4.69, 9.17) is 44.9 Å². The van der Waals surface area contributed by atoms with E-state index in [9.17, 15) is 30.2 Å². The molecule has 9 heterocycles. The summed E-state index contributed by atoms with van der Waals surface area (Å²) in [5.41, 5.74) is 8.26. The van der Waals surface area contributed by atoms with Gasteiger partial charge in [-0.3, -0.25) is 14.4 Å². The molecule has 27 heteroatoms. The summed E-state index contributed by atoms with van der Waals surface area (Å²) in [6, 6.07) is 36.7. The molecule has 0 N–H and O–H groups in total. The van der Waals surface area contributed by atoms with E-state index in [1.807, 2.05) is 66.7 Å². The van der Waals surface area contributed by atoms with Crippen LogP contribution in [0.4, 0.5) is 30.4 Å². The number of hydrogen-bond acceptors (Lipinski definition) is 24. The molecule has 0 spiro atoms. The molecule has 133 heavy (non-hydrogen) atoms. The van der Waals surface area contributed by atoms with Gasteiger partial charge >= 0.3 is 0 Å². The zero-order valence-corrected chi connectivity index (χ0v) is 85.4. The first-order chi connectivity index (χ1) is 63.8. The van der Waals surface area contributed by atoms with E-state index in [1.54, 1.807) is 43.4 Å². The van der Waals surface area contributed by atoms with E-state index in [-0.39, 0.29) is 33.0 Å². The molecule has 708 valence electrons. The van der Waals surface area contributed by atoms with Gasteiger partial charge in [-0.1, -0.05) is 358 Å². The number of rotatable bonds is 44. The average molecular weight is 1860 g/mol. The van der Waals surface area contributed by atoms with Crippen LogP contribution in [-0.2, 0) is 19.3 Å². The Labute approximate surface area is 803 Å². The van der Waals surface area contributed by atoms with Crippen molar-refractivity contribution in [1.82, 2.24) is 59.2 Å². The molecule has 0 fully saturated rings. The summed E-state index contributed by atoms with van der Waals surface area (Å²) in [7, 11) is 0. The summed E-state index contributed by atoms with van der Waals surface area (Å²) in [5, 5.41) is 48.5. The number of nitrogens with zero attached hydrogens (tertiary/aromatic N) is 21. The number of hydrogen-bond donors (Lipinski definition) is 0. The third-order valence-corrected chi connectivity index (χ3v) is 27.0. The van der Waals surface area contributed by atoms with Crippen molar-refractivity contribution < 1.29 is 14.4 Å². The van der Waals surface area contributed by atoms with Crippen molar-refractivity contribution in [2.24, 2.45) is 43.1 Å². The van der Waals surface area contributed by atoms with Crippen LogP contribution in [0.1, 0.15) is 342 Å². The first kappa shape index (κ1) is 104. The summed E-state index contributed by atoms with van der Waals surface area (Å²) in [6.07, 6.45) is 30.7. The molecule has 2 atom stereocenters. The number of thiazole rings is 3. The Hall–Kier alpha value is -10.9. The lowest BCUT2D eigenvalue weighted by atomic mass is 9.92. The van der Waals surface area contributed by atoms with E-state index in [0.717, 1.165) is 155 Å². The minimum Gasteiger partial charge on any atom is -0.348 e. The Bertz CT molecular complexity index is 5670. The molecule has 0 bridgehead atoms. The van der Waals surface area contributed by atoms with Crippen molar-refractivity contribution in [3.8, 4) is 52.0 Å². The highest BCUT2D eigenvalue weighted by atomic mass is 32.1. The SMILES string of the molecule is CCCCC(CC)CN(CC(CC)CCCC)c1nc(-c2ccccc2)c(N=C2C(C)=C(C#N)C(=O)n3nc(CC(C)(C)C)nc32)s1.CCCCCCCCN(CCCCCCCC)c1nc(-c2ccccc2)c(N=C2C(C)=C(C#N)C(=O)n3nc(CC(C)(C)C)nc32)s1.CCCCN(CCCC)c1nc(-c2ccccc2)c(N=C2C(C)=C(C#N)C(=O)n3nc(CC(C)(C)C)nc32)s1. The van der Waals surface area contributed by atoms with E-state index >= 15 is 0 Å². The molecule has 3 aliphatic heterocycles.